The van der Waals surface area contributed by atoms with Gasteiger partial charge in [0, 0.05) is 37.4 Å². The molecular formula is C20H20N6O3. The van der Waals surface area contributed by atoms with Gasteiger partial charge in [0.15, 0.2) is 17.4 Å². The average molecular weight is 392 g/mol. The molecule has 2 aromatic heterocycles. The van der Waals surface area contributed by atoms with Crippen LogP contribution in [-0.4, -0.2) is 58.0 Å². The smallest absolute Gasteiger partial charge is 0.289 e. The Hall–Kier alpha value is -3.75. The van der Waals surface area contributed by atoms with Gasteiger partial charge in [-0.15, -0.1) is 5.10 Å². The molecule has 1 aliphatic rings. The van der Waals surface area contributed by atoms with Crippen molar-refractivity contribution in [1.82, 2.24) is 20.1 Å². The Balaban J connectivity index is 1.39. The third-order valence-electron chi connectivity index (χ3n) is 4.69. The number of aromatic nitrogens is 3. The Kier molecular flexibility index (Phi) is 5.19. The topological polar surface area (TPSA) is 104 Å². The lowest BCUT2D eigenvalue weighted by molar-refractivity contribution is 0.0714. The average Bonchev–Trinajstić information content (AvgIpc) is 3.29. The Morgan fingerprint density at radius 2 is 1.83 bits per heavy atom. The van der Waals surface area contributed by atoms with Crippen LogP contribution in [0.25, 0.3) is 0 Å². The highest BCUT2D eigenvalue weighted by atomic mass is 16.3. The second kappa shape index (κ2) is 8.09. The number of benzene rings is 1. The summed E-state index contributed by atoms with van der Waals surface area (Å²) in [5.74, 6) is 1.31. The summed E-state index contributed by atoms with van der Waals surface area (Å²) in [6.07, 6.45) is 3.04. The van der Waals surface area contributed by atoms with Crippen LogP contribution >= 0.6 is 0 Å². The predicted octanol–water partition coefficient (Wildman–Crippen LogP) is 2.37. The van der Waals surface area contributed by atoms with Gasteiger partial charge in [-0.1, -0.05) is 0 Å². The molecule has 29 heavy (non-hydrogen) atoms. The molecule has 0 bridgehead atoms. The molecule has 1 N–H and O–H groups in total. The standard InChI is InChI=1S/C20H20N6O3/c1-14(27)15-4-6-16(7-5-15)22-18-13-21-24-20(23-18)26-10-8-25(9-11-26)19(28)17-3-2-12-29-17/h2-7,12-13H,8-11H2,1H3,(H,22,23,24). The maximum atomic E-state index is 12.4. The van der Waals surface area contributed by atoms with Gasteiger partial charge in [0.25, 0.3) is 5.91 Å². The van der Waals surface area contributed by atoms with Gasteiger partial charge >= 0.3 is 0 Å². The number of ketones is 1. The van der Waals surface area contributed by atoms with Gasteiger partial charge in [-0.05, 0) is 43.3 Å². The van der Waals surface area contributed by atoms with Crippen LogP contribution in [0, 0.1) is 0 Å². The van der Waals surface area contributed by atoms with Crippen molar-refractivity contribution in [3.63, 3.8) is 0 Å². The van der Waals surface area contributed by atoms with E-state index < -0.39 is 0 Å². The first-order valence-corrected chi connectivity index (χ1v) is 9.25. The Bertz CT molecular complexity index is 995. The molecule has 1 fully saturated rings. The largest absolute Gasteiger partial charge is 0.459 e. The molecule has 0 atom stereocenters. The predicted molar refractivity (Wildman–Crippen MR) is 106 cm³/mol. The molecule has 1 aromatic carbocycles. The molecule has 0 unspecified atom stereocenters. The number of piperazine rings is 1. The van der Waals surface area contributed by atoms with E-state index in [1.807, 2.05) is 17.0 Å². The van der Waals surface area contributed by atoms with Gasteiger partial charge in [0.05, 0.1) is 12.5 Å². The quantitative estimate of drug-likeness (QED) is 0.660. The minimum atomic E-state index is -0.113. The summed E-state index contributed by atoms with van der Waals surface area (Å²) < 4.78 is 5.19. The number of Topliss-reactive ketones (excluding diaryl/α,β-unsaturated/α-hetero) is 1. The highest BCUT2D eigenvalue weighted by Crippen LogP contribution is 2.18. The normalized spacial score (nSPS) is 14.0. The lowest BCUT2D eigenvalue weighted by Crippen LogP contribution is -2.49. The van der Waals surface area contributed by atoms with Gasteiger partial charge in [-0.3, -0.25) is 9.59 Å². The van der Waals surface area contributed by atoms with E-state index in [1.54, 1.807) is 35.4 Å². The van der Waals surface area contributed by atoms with E-state index in [0.29, 0.717) is 49.3 Å². The SMILES string of the molecule is CC(=O)c1ccc(Nc2cnnc(N3CCN(C(=O)c4ccco4)CC3)n2)cc1. The number of hydrogen-bond donors (Lipinski definition) is 1. The molecule has 0 saturated carbocycles. The molecule has 1 amide bonds. The zero-order valence-electron chi connectivity index (χ0n) is 15.9. The van der Waals surface area contributed by atoms with Gasteiger partial charge in [-0.2, -0.15) is 10.1 Å². The van der Waals surface area contributed by atoms with E-state index >= 15 is 0 Å². The highest BCUT2D eigenvalue weighted by molar-refractivity contribution is 5.94. The van der Waals surface area contributed by atoms with Crippen molar-refractivity contribution < 1.29 is 14.0 Å². The maximum absolute atomic E-state index is 12.4. The van der Waals surface area contributed by atoms with E-state index in [1.165, 1.54) is 13.2 Å². The van der Waals surface area contributed by atoms with Crippen molar-refractivity contribution in [3.8, 4) is 0 Å². The lowest BCUT2D eigenvalue weighted by atomic mass is 10.1. The van der Waals surface area contributed by atoms with E-state index in [0.717, 1.165) is 5.69 Å². The van der Waals surface area contributed by atoms with Crippen LogP contribution in [0.3, 0.4) is 0 Å². The number of nitrogens with one attached hydrogen (secondary N) is 1. The molecule has 9 heteroatoms. The Labute approximate surface area is 167 Å². The molecule has 1 aliphatic heterocycles. The summed E-state index contributed by atoms with van der Waals surface area (Å²) in [5.41, 5.74) is 1.45. The molecule has 0 aliphatic carbocycles. The number of amides is 1. The fourth-order valence-corrected chi connectivity index (χ4v) is 3.09. The second-order valence-corrected chi connectivity index (χ2v) is 6.66. The van der Waals surface area contributed by atoms with Gasteiger partial charge in [0.2, 0.25) is 5.95 Å². The van der Waals surface area contributed by atoms with Crippen molar-refractivity contribution in [2.24, 2.45) is 0 Å². The minimum absolute atomic E-state index is 0.0206. The van der Waals surface area contributed by atoms with Crippen molar-refractivity contribution in [3.05, 3.63) is 60.2 Å². The monoisotopic (exact) mass is 392 g/mol. The van der Waals surface area contributed by atoms with Crippen LogP contribution in [0.1, 0.15) is 27.8 Å². The summed E-state index contributed by atoms with van der Waals surface area (Å²) in [6.45, 7) is 3.83. The van der Waals surface area contributed by atoms with Gasteiger partial charge < -0.3 is 19.5 Å². The molecule has 9 nitrogen and oxygen atoms in total. The zero-order chi connectivity index (χ0) is 20.2. The molecule has 4 rings (SSSR count). The first-order valence-electron chi connectivity index (χ1n) is 9.25. The van der Waals surface area contributed by atoms with Crippen molar-refractivity contribution in [1.29, 1.82) is 0 Å². The van der Waals surface area contributed by atoms with Crippen LogP contribution in [0.15, 0.2) is 53.3 Å². The fourth-order valence-electron chi connectivity index (χ4n) is 3.09. The molecule has 148 valence electrons. The summed E-state index contributed by atoms with van der Waals surface area (Å²) in [4.78, 5) is 32.0. The lowest BCUT2D eigenvalue weighted by Gasteiger charge is -2.34. The summed E-state index contributed by atoms with van der Waals surface area (Å²) in [7, 11) is 0. The molecule has 1 saturated heterocycles. The third kappa shape index (κ3) is 4.23. The van der Waals surface area contributed by atoms with Crippen LogP contribution in [-0.2, 0) is 0 Å². The minimum Gasteiger partial charge on any atom is -0.459 e. The summed E-state index contributed by atoms with van der Waals surface area (Å²) in [5, 5.41) is 11.3. The van der Waals surface area contributed by atoms with Gasteiger partial charge in [0.1, 0.15) is 0 Å². The summed E-state index contributed by atoms with van der Waals surface area (Å²) in [6, 6.07) is 10.5. The highest BCUT2D eigenvalue weighted by Gasteiger charge is 2.25. The van der Waals surface area contributed by atoms with Crippen molar-refractivity contribution >= 4 is 29.1 Å². The molecule has 3 aromatic rings. The van der Waals surface area contributed by atoms with Crippen LogP contribution < -0.4 is 10.2 Å². The maximum Gasteiger partial charge on any atom is 0.289 e. The zero-order valence-corrected chi connectivity index (χ0v) is 15.9. The summed E-state index contributed by atoms with van der Waals surface area (Å²) >= 11 is 0. The fraction of sp³-hybridized carbons (Fsp3) is 0.250. The number of rotatable bonds is 5. The molecular weight excluding hydrogens is 372 g/mol. The van der Waals surface area contributed by atoms with Crippen LogP contribution in [0.4, 0.5) is 17.5 Å². The first kappa shape index (κ1) is 18.6. The Morgan fingerprint density at radius 3 is 2.48 bits per heavy atom. The van der Waals surface area contributed by atoms with E-state index in [2.05, 4.69) is 20.5 Å². The van der Waals surface area contributed by atoms with E-state index in [4.69, 9.17) is 4.42 Å². The van der Waals surface area contributed by atoms with Gasteiger partial charge in [-0.25, -0.2) is 0 Å². The first-order chi connectivity index (χ1) is 14.1. The number of nitrogens with zero attached hydrogens (tertiary/aromatic N) is 5. The van der Waals surface area contributed by atoms with Crippen molar-refractivity contribution in [2.45, 2.75) is 6.92 Å². The third-order valence-corrected chi connectivity index (χ3v) is 4.69. The molecule has 3 heterocycles. The number of furan rings is 1. The molecule has 0 radical (unpaired) electrons. The number of hydrogen-bond acceptors (Lipinski definition) is 8. The van der Waals surface area contributed by atoms with E-state index in [-0.39, 0.29) is 11.7 Å². The molecule has 0 spiro atoms. The van der Waals surface area contributed by atoms with Crippen LogP contribution in [0.5, 0.6) is 0 Å². The number of anilines is 3. The number of carbonyl (C=O) groups excluding carboxylic acids is 2. The van der Waals surface area contributed by atoms with E-state index in [9.17, 15) is 9.59 Å². The van der Waals surface area contributed by atoms with Crippen LogP contribution in [0.2, 0.25) is 0 Å². The number of carbonyl (C=O) groups is 2. The Morgan fingerprint density at radius 1 is 1.07 bits per heavy atom. The van der Waals surface area contributed by atoms with Crippen molar-refractivity contribution in [2.75, 3.05) is 36.4 Å². The second-order valence-electron chi connectivity index (χ2n) is 6.66.